The first-order chi connectivity index (χ1) is 11.3. The molecule has 1 aromatic carbocycles. The molecule has 0 saturated carbocycles. The fraction of sp³-hybridized carbons (Fsp3) is 0.368. The monoisotopic (exact) mass is 381 g/mol. The molecule has 1 aliphatic rings. The predicted molar refractivity (Wildman–Crippen MR) is 107 cm³/mol. The van der Waals surface area contributed by atoms with E-state index < -0.39 is 0 Å². The molecule has 6 heteroatoms. The Hall–Kier alpha value is -1.62. The van der Waals surface area contributed by atoms with Gasteiger partial charge < -0.3 is 10.2 Å². The molecule has 3 rings (SSSR count). The number of pyridine rings is 1. The second-order valence-corrected chi connectivity index (χ2v) is 6.12. The number of halogens is 2. The summed E-state index contributed by atoms with van der Waals surface area (Å²) < 4.78 is 0. The summed E-state index contributed by atoms with van der Waals surface area (Å²) in [7, 11) is 1.98. The normalized spacial score (nSPS) is 14.4. The zero-order valence-electron chi connectivity index (χ0n) is 14.4. The minimum atomic E-state index is 0. The van der Waals surface area contributed by atoms with Crippen LogP contribution in [0.2, 0.25) is 0 Å². The number of amides is 1. The van der Waals surface area contributed by atoms with Crippen molar-refractivity contribution in [3.63, 3.8) is 0 Å². The van der Waals surface area contributed by atoms with Crippen LogP contribution < -0.4 is 5.32 Å². The topological polar surface area (TPSA) is 45.2 Å². The molecule has 0 bridgehead atoms. The van der Waals surface area contributed by atoms with E-state index in [2.05, 4.69) is 10.3 Å². The van der Waals surface area contributed by atoms with Gasteiger partial charge in [0.15, 0.2) is 0 Å². The van der Waals surface area contributed by atoms with E-state index in [1.807, 2.05) is 54.5 Å². The molecule has 0 atom stereocenters. The van der Waals surface area contributed by atoms with E-state index in [-0.39, 0.29) is 30.7 Å². The van der Waals surface area contributed by atoms with Gasteiger partial charge in [0.05, 0.1) is 5.56 Å². The third-order valence-electron chi connectivity index (χ3n) is 4.49. The fourth-order valence-electron chi connectivity index (χ4n) is 3.16. The Morgan fingerprint density at radius 2 is 1.80 bits per heavy atom. The van der Waals surface area contributed by atoms with Gasteiger partial charge in [0.2, 0.25) is 0 Å². The lowest BCUT2D eigenvalue weighted by Crippen LogP contribution is -2.40. The number of carbonyl (C=O) groups is 1. The van der Waals surface area contributed by atoms with Crippen LogP contribution in [0.4, 0.5) is 0 Å². The quantitative estimate of drug-likeness (QED) is 0.878. The van der Waals surface area contributed by atoms with Gasteiger partial charge >= 0.3 is 0 Å². The van der Waals surface area contributed by atoms with Gasteiger partial charge in [-0.1, -0.05) is 30.3 Å². The maximum absolute atomic E-state index is 12.7. The second kappa shape index (κ2) is 10.4. The molecule has 0 spiro atoms. The summed E-state index contributed by atoms with van der Waals surface area (Å²) in [5.41, 5.74) is 2.75. The number of likely N-dealkylation sites (tertiary alicyclic amines) is 1. The Morgan fingerprint density at radius 1 is 1.12 bits per heavy atom. The summed E-state index contributed by atoms with van der Waals surface area (Å²) in [6.45, 7) is 2.70. The highest BCUT2D eigenvalue weighted by Crippen LogP contribution is 2.22. The van der Waals surface area contributed by atoms with Gasteiger partial charge in [-0.25, -0.2) is 0 Å². The van der Waals surface area contributed by atoms with E-state index in [4.69, 9.17) is 0 Å². The van der Waals surface area contributed by atoms with Gasteiger partial charge in [-0.05, 0) is 44.0 Å². The van der Waals surface area contributed by atoms with Crippen LogP contribution in [0.15, 0.2) is 48.8 Å². The van der Waals surface area contributed by atoms with E-state index in [1.165, 1.54) is 0 Å². The molecular weight excluding hydrogens is 357 g/mol. The molecule has 25 heavy (non-hydrogen) atoms. The van der Waals surface area contributed by atoms with Gasteiger partial charge in [0.1, 0.15) is 0 Å². The lowest BCUT2D eigenvalue weighted by molar-refractivity contribution is 0.0690. The molecular formula is C19H25Cl2N3O. The van der Waals surface area contributed by atoms with Gasteiger partial charge in [-0.3, -0.25) is 9.78 Å². The number of carbonyl (C=O) groups excluding carboxylic acids is 1. The first-order valence-corrected chi connectivity index (χ1v) is 8.22. The van der Waals surface area contributed by atoms with Crippen LogP contribution in [-0.4, -0.2) is 42.5 Å². The van der Waals surface area contributed by atoms with Crippen molar-refractivity contribution in [3.8, 4) is 11.1 Å². The van der Waals surface area contributed by atoms with Crippen molar-refractivity contribution in [2.45, 2.75) is 12.8 Å². The smallest absolute Gasteiger partial charge is 0.255 e. The van der Waals surface area contributed by atoms with Crippen molar-refractivity contribution >= 4 is 30.7 Å². The van der Waals surface area contributed by atoms with Crippen molar-refractivity contribution in [1.82, 2.24) is 15.2 Å². The summed E-state index contributed by atoms with van der Waals surface area (Å²) in [5.74, 6) is 0.774. The largest absolute Gasteiger partial charge is 0.339 e. The standard InChI is InChI=1S/C19H23N3O.2ClH/c1-20-12-15-7-9-22(10-8-15)19(23)18-11-17(13-21-14-18)16-5-3-2-4-6-16;;/h2-6,11,13-15,20H,7-10,12H2,1H3;2*1H. The van der Waals surface area contributed by atoms with Crippen LogP contribution in [-0.2, 0) is 0 Å². The highest BCUT2D eigenvalue weighted by Gasteiger charge is 2.23. The van der Waals surface area contributed by atoms with Crippen LogP contribution in [0.25, 0.3) is 11.1 Å². The van der Waals surface area contributed by atoms with E-state index in [1.54, 1.807) is 6.20 Å². The summed E-state index contributed by atoms with van der Waals surface area (Å²) in [5, 5.41) is 3.23. The molecule has 0 unspecified atom stereocenters. The van der Waals surface area contributed by atoms with Crippen LogP contribution >= 0.6 is 24.8 Å². The Morgan fingerprint density at radius 3 is 2.44 bits per heavy atom. The first-order valence-electron chi connectivity index (χ1n) is 8.22. The molecule has 1 fully saturated rings. The summed E-state index contributed by atoms with van der Waals surface area (Å²) in [6.07, 6.45) is 5.62. The summed E-state index contributed by atoms with van der Waals surface area (Å²) in [6, 6.07) is 12.0. The minimum Gasteiger partial charge on any atom is -0.339 e. The number of aromatic nitrogens is 1. The molecule has 1 amide bonds. The van der Waals surface area contributed by atoms with E-state index in [0.717, 1.165) is 43.6 Å². The average molecular weight is 382 g/mol. The number of benzene rings is 1. The molecule has 1 N–H and O–H groups in total. The van der Waals surface area contributed by atoms with Gasteiger partial charge in [-0.2, -0.15) is 0 Å². The van der Waals surface area contributed by atoms with Crippen molar-refractivity contribution in [2.75, 3.05) is 26.7 Å². The number of piperidine rings is 1. The average Bonchev–Trinajstić information content (AvgIpc) is 2.63. The molecule has 2 heterocycles. The van der Waals surface area contributed by atoms with Gasteiger partial charge in [0.25, 0.3) is 5.91 Å². The molecule has 2 aromatic rings. The van der Waals surface area contributed by atoms with Gasteiger partial charge in [0, 0.05) is 31.0 Å². The fourth-order valence-corrected chi connectivity index (χ4v) is 3.16. The minimum absolute atomic E-state index is 0. The lowest BCUT2D eigenvalue weighted by Gasteiger charge is -2.32. The third kappa shape index (κ3) is 5.43. The second-order valence-electron chi connectivity index (χ2n) is 6.12. The van der Waals surface area contributed by atoms with Crippen LogP contribution in [0.3, 0.4) is 0 Å². The summed E-state index contributed by atoms with van der Waals surface area (Å²) in [4.78, 5) is 18.9. The van der Waals surface area contributed by atoms with E-state index in [0.29, 0.717) is 11.5 Å². The first kappa shape index (κ1) is 21.4. The van der Waals surface area contributed by atoms with Gasteiger partial charge in [-0.15, -0.1) is 24.8 Å². The zero-order valence-corrected chi connectivity index (χ0v) is 16.0. The Labute approximate surface area is 161 Å². The van der Waals surface area contributed by atoms with E-state index in [9.17, 15) is 4.79 Å². The van der Waals surface area contributed by atoms with Crippen molar-refractivity contribution in [1.29, 1.82) is 0 Å². The maximum Gasteiger partial charge on any atom is 0.255 e. The zero-order chi connectivity index (χ0) is 16.1. The molecule has 136 valence electrons. The summed E-state index contributed by atoms with van der Waals surface area (Å²) >= 11 is 0. The molecule has 1 aliphatic heterocycles. The molecule has 1 saturated heterocycles. The maximum atomic E-state index is 12.7. The number of hydrogen-bond acceptors (Lipinski definition) is 3. The third-order valence-corrected chi connectivity index (χ3v) is 4.49. The molecule has 0 radical (unpaired) electrons. The Bertz CT molecular complexity index is 659. The van der Waals surface area contributed by atoms with Crippen molar-refractivity contribution in [3.05, 3.63) is 54.4 Å². The predicted octanol–water partition coefficient (Wildman–Crippen LogP) is 3.66. The highest BCUT2D eigenvalue weighted by atomic mass is 35.5. The van der Waals surface area contributed by atoms with Crippen molar-refractivity contribution in [2.24, 2.45) is 5.92 Å². The SMILES string of the molecule is CNCC1CCN(C(=O)c2cncc(-c3ccccc3)c2)CC1.Cl.Cl. The van der Waals surface area contributed by atoms with Crippen LogP contribution in [0.1, 0.15) is 23.2 Å². The number of nitrogens with one attached hydrogen (secondary N) is 1. The van der Waals surface area contributed by atoms with Crippen LogP contribution in [0.5, 0.6) is 0 Å². The number of nitrogens with zero attached hydrogens (tertiary/aromatic N) is 2. The lowest BCUT2D eigenvalue weighted by atomic mass is 9.96. The highest BCUT2D eigenvalue weighted by molar-refractivity contribution is 5.95. The van der Waals surface area contributed by atoms with Crippen molar-refractivity contribution < 1.29 is 4.79 Å². The van der Waals surface area contributed by atoms with E-state index >= 15 is 0 Å². The van der Waals surface area contributed by atoms with Crippen LogP contribution in [0, 0.1) is 5.92 Å². The Balaban J connectivity index is 0.00000156. The number of rotatable bonds is 4. The molecule has 4 nitrogen and oxygen atoms in total. The number of hydrogen-bond donors (Lipinski definition) is 1. The molecule has 0 aliphatic carbocycles. The Kier molecular flexibility index (Phi) is 8.90. The molecule has 1 aromatic heterocycles.